The van der Waals surface area contributed by atoms with Crippen molar-refractivity contribution >= 4 is 24.2 Å². The fraction of sp³-hybridized carbons (Fsp3) is 0.400. The second-order valence-corrected chi connectivity index (χ2v) is 7.89. The Bertz CT molecular complexity index is 870. The molecule has 0 aliphatic carbocycles. The predicted octanol–water partition coefficient (Wildman–Crippen LogP) is 3.88. The zero-order chi connectivity index (χ0) is 20.7. The summed E-state index contributed by atoms with van der Waals surface area (Å²) in [5.74, 6) is -0.433. The molecule has 0 bridgehead atoms. The number of nitrogens with one attached hydrogen (secondary N) is 1. The van der Waals surface area contributed by atoms with Gasteiger partial charge in [0.2, 0.25) is 0 Å². The molecule has 1 aliphatic heterocycles. The minimum atomic E-state index is -2.67. The van der Waals surface area contributed by atoms with E-state index < -0.39 is 30.7 Å². The van der Waals surface area contributed by atoms with Crippen molar-refractivity contribution in [3.8, 4) is 0 Å². The van der Waals surface area contributed by atoms with Gasteiger partial charge < -0.3 is 14.6 Å². The summed E-state index contributed by atoms with van der Waals surface area (Å²) in [4.78, 5) is 16.0. The minimum Gasteiger partial charge on any atom is -0.399 e. The lowest BCUT2D eigenvalue weighted by Gasteiger charge is -2.32. The summed E-state index contributed by atoms with van der Waals surface area (Å²) in [5.41, 5.74) is 1.24. The van der Waals surface area contributed by atoms with Crippen molar-refractivity contribution in [1.29, 1.82) is 0 Å². The first kappa shape index (κ1) is 20.4. The number of amides is 1. The van der Waals surface area contributed by atoms with E-state index in [0.29, 0.717) is 5.69 Å². The van der Waals surface area contributed by atoms with Crippen LogP contribution < -0.4 is 10.8 Å². The van der Waals surface area contributed by atoms with Crippen LogP contribution >= 0.6 is 0 Å². The van der Waals surface area contributed by atoms with E-state index in [0.717, 1.165) is 23.3 Å². The molecule has 1 aliphatic rings. The highest BCUT2D eigenvalue weighted by atomic mass is 19.3. The Hall–Kier alpha value is -2.32. The largest absolute Gasteiger partial charge is 0.495 e. The standard InChI is InChI=1S/C20H23BF2N2O3/c1-12-6-8-14(10-15(12)21-27-19(2,3)20(4,5)28-21)25-18(26)13-7-9-16(17(22)23)24-11-13/h6-11,17H,1-5H3,(H,25,26). The van der Waals surface area contributed by atoms with E-state index in [1.54, 1.807) is 12.1 Å². The van der Waals surface area contributed by atoms with Gasteiger partial charge in [0.15, 0.2) is 0 Å². The van der Waals surface area contributed by atoms with Crippen LogP contribution in [0.25, 0.3) is 0 Å². The van der Waals surface area contributed by atoms with Gasteiger partial charge in [0.25, 0.3) is 12.3 Å². The highest BCUT2D eigenvalue weighted by Crippen LogP contribution is 2.36. The van der Waals surface area contributed by atoms with Crippen molar-refractivity contribution in [2.45, 2.75) is 52.2 Å². The van der Waals surface area contributed by atoms with Gasteiger partial charge in [0, 0.05) is 11.9 Å². The topological polar surface area (TPSA) is 60.5 Å². The van der Waals surface area contributed by atoms with Gasteiger partial charge in [0.05, 0.1) is 16.8 Å². The zero-order valence-corrected chi connectivity index (χ0v) is 16.5. The van der Waals surface area contributed by atoms with Crippen LogP contribution in [0.1, 0.15) is 55.7 Å². The molecule has 1 fully saturated rings. The number of anilines is 1. The van der Waals surface area contributed by atoms with Crippen LogP contribution in [0.15, 0.2) is 36.5 Å². The van der Waals surface area contributed by atoms with Gasteiger partial charge in [0.1, 0.15) is 5.69 Å². The second kappa shape index (κ2) is 7.26. The number of rotatable bonds is 4. The Balaban J connectivity index is 1.79. The lowest BCUT2D eigenvalue weighted by atomic mass is 9.76. The highest BCUT2D eigenvalue weighted by Gasteiger charge is 2.52. The van der Waals surface area contributed by atoms with Crippen LogP contribution in [0.5, 0.6) is 0 Å². The molecule has 1 aromatic heterocycles. The van der Waals surface area contributed by atoms with Crippen molar-refractivity contribution < 1.29 is 22.9 Å². The van der Waals surface area contributed by atoms with Crippen molar-refractivity contribution in [1.82, 2.24) is 4.98 Å². The van der Waals surface area contributed by atoms with Crippen LogP contribution in [0.4, 0.5) is 14.5 Å². The molecule has 0 saturated carbocycles. The second-order valence-electron chi connectivity index (χ2n) is 7.89. The maximum Gasteiger partial charge on any atom is 0.495 e. The van der Waals surface area contributed by atoms with E-state index in [1.807, 2.05) is 40.7 Å². The Labute approximate surface area is 163 Å². The summed E-state index contributed by atoms with van der Waals surface area (Å²) in [6, 6.07) is 7.91. The van der Waals surface area contributed by atoms with E-state index in [-0.39, 0.29) is 11.3 Å². The van der Waals surface area contributed by atoms with Crippen molar-refractivity contribution in [2.24, 2.45) is 0 Å². The smallest absolute Gasteiger partial charge is 0.399 e. The van der Waals surface area contributed by atoms with Gasteiger partial charge in [-0.1, -0.05) is 11.6 Å². The third kappa shape index (κ3) is 3.93. The molecule has 5 nitrogen and oxygen atoms in total. The van der Waals surface area contributed by atoms with Crippen LogP contribution in [0.3, 0.4) is 0 Å². The molecule has 1 amide bonds. The van der Waals surface area contributed by atoms with Crippen molar-refractivity contribution in [3.63, 3.8) is 0 Å². The van der Waals surface area contributed by atoms with E-state index in [1.165, 1.54) is 6.07 Å². The Morgan fingerprint density at radius 2 is 1.75 bits per heavy atom. The molecule has 1 aromatic carbocycles. The summed E-state index contributed by atoms with van der Waals surface area (Å²) < 4.78 is 37.4. The molecule has 8 heteroatoms. The summed E-state index contributed by atoms with van der Waals surface area (Å²) in [6.07, 6.45) is -1.53. The summed E-state index contributed by atoms with van der Waals surface area (Å²) >= 11 is 0. The van der Waals surface area contributed by atoms with Crippen LogP contribution in [0.2, 0.25) is 0 Å². The SMILES string of the molecule is Cc1ccc(NC(=O)c2ccc(C(F)F)nc2)cc1B1OC(C)(C)C(C)(C)O1. The van der Waals surface area contributed by atoms with Crippen molar-refractivity contribution in [3.05, 3.63) is 53.3 Å². The molecule has 0 spiro atoms. The summed E-state index contributed by atoms with van der Waals surface area (Å²) in [5, 5.41) is 2.76. The number of aromatic nitrogens is 1. The molecule has 28 heavy (non-hydrogen) atoms. The predicted molar refractivity (Wildman–Crippen MR) is 104 cm³/mol. The first-order valence-corrected chi connectivity index (χ1v) is 9.02. The third-order valence-electron chi connectivity index (χ3n) is 5.32. The lowest BCUT2D eigenvalue weighted by molar-refractivity contribution is 0.00578. The molecule has 2 heterocycles. The maximum atomic E-state index is 12.6. The quantitative estimate of drug-likeness (QED) is 0.808. The Kier molecular flexibility index (Phi) is 5.29. The monoisotopic (exact) mass is 388 g/mol. The number of alkyl halides is 2. The number of carbonyl (C=O) groups excluding carboxylic acids is 1. The molecule has 3 rings (SSSR count). The van der Waals surface area contributed by atoms with Gasteiger partial charge in [-0.3, -0.25) is 9.78 Å². The maximum absolute atomic E-state index is 12.6. The number of nitrogens with zero attached hydrogens (tertiary/aromatic N) is 1. The normalized spacial score (nSPS) is 17.8. The van der Waals surface area contributed by atoms with E-state index in [4.69, 9.17) is 9.31 Å². The molecule has 0 atom stereocenters. The average Bonchev–Trinajstić information content (AvgIpc) is 2.84. The first-order valence-electron chi connectivity index (χ1n) is 9.02. The fourth-order valence-corrected chi connectivity index (χ4v) is 2.81. The molecule has 2 aromatic rings. The first-order chi connectivity index (χ1) is 13.0. The van der Waals surface area contributed by atoms with Gasteiger partial charge in [-0.05, 0) is 64.3 Å². The highest BCUT2D eigenvalue weighted by molar-refractivity contribution is 6.62. The summed E-state index contributed by atoms with van der Waals surface area (Å²) in [6.45, 7) is 9.85. The van der Waals surface area contributed by atoms with Crippen LogP contribution in [-0.2, 0) is 9.31 Å². The summed E-state index contributed by atoms with van der Waals surface area (Å²) in [7, 11) is -0.547. The molecular formula is C20H23BF2N2O3. The number of halogens is 2. The molecular weight excluding hydrogens is 365 g/mol. The van der Waals surface area contributed by atoms with Gasteiger partial charge in [-0.25, -0.2) is 8.78 Å². The minimum absolute atomic E-state index is 0.196. The van der Waals surface area contributed by atoms with Gasteiger partial charge in [-0.15, -0.1) is 0 Å². The molecule has 0 radical (unpaired) electrons. The molecule has 1 N–H and O–H groups in total. The number of carbonyl (C=O) groups is 1. The van der Waals surface area contributed by atoms with Gasteiger partial charge in [-0.2, -0.15) is 0 Å². The molecule has 148 valence electrons. The number of aryl methyl sites for hydroxylation is 1. The van der Waals surface area contributed by atoms with E-state index in [2.05, 4.69) is 10.3 Å². The Morgan fingerprint density at radius 3 is 2.29 bits per heavy atom. The van der Waals surface area contributed by atoms with Crippen molar-refractivity contribution in [2.75, 3.05) is 5.32 Å². The Morgan fingerprint density at radius 1 is 1.11 bits per heavy atom. The number of pyridine rings is 1. The van der Waals surface area contributed by atoms with E-state index >= 15 is 0 Å². The van der Waals surface area contributed by atoms with E-state index in [9.17, 15) is 13.6 Å². The number of benzene rings is 1. The molecule has 1 saturated heterocycles. The van der Waals surface area contributed by atoms with Gasteiger partial charge >= 0.3 is 7.12 Å². The zero-order valence-electron chi connectivity index (χ0n) is 16.5. The third-order valence-corrected chi connectivity index (χ3v) is 5.32. The fourth-order valence-electron chi connectivity index (χ4n) is 2.81. The van der Waals surface area contributed by atoms with Crippen LogP contribution in [0, 0.1) is 6.92 Å². The lowest BCUT2D eigenvalue weighted by Crippen LogP contribution is -2.41. The average molecular weight is 388 g/mol. The number of hydrogen-bond acceptors (Lipinski definition) is 4. The van der Waals surface area contributed by atoms with Crippen LogP contribution in [-0.4, -0.2) is 29.2 Å². The molecule has 0 unspecified atom stereocenters. The number of hydrogen-bond donors (Lipinski definition) is 1.